The van der Waals surface area contributed by atoms with Crippen LogP contribution < -0.4 is 10.2 Å². The van der Waals surface area contributed by atoms with E-state index in [4.69, 9.17) is 4.74 Å². The Hall–Kier alpha value is -2.34. The van der Waals surface area contributed by atoms with Crippen LogP contribution in [0.4, 0.5) is 5.69 Å². The fraction of sp³-hybridized carbons (Fsp3) is 0.474. The Morgan fingerprint density at radius 2 is 2.04 bits per heavy atom. The van der Waals surface area contributed by atoms with Gasteiger partial charge in [-0.25, -0.2) is 4.79 Å². The van der Waals surface area contributed by atoms with Gasteiger partial charge in [-0.1, -0.05) is 19.1 Å². The lowest BCUT2D eigenvalue weighted by molar-refractivity contribution is -0.897. The van der Waals surface area contributed by atoms with E-state index in [0.29, 0.717) is 17.9 Å². The molecule has 1 aliphatic rings. The summed E-state index contributed by atoms with van der Waals surface area (Å²) in [6.45, 7) is 6.70. The summed E-state index contributed by atoms with van der Waals surface area (Å²) in [6.07, 6.45) is 2.31. The standard InChI is InChI=1S/C19H25N3O3/c1-12-6-8-22(9-7-12)11-16(23)21-17-14-5-4-13(2)10-15(14)20-18(17)19(24)25-3/h4-5,10,12,20H,6-9,11H2,1-3H3,(H,21,23)/p+1. The molecule has 1 saturated heterocycles. The van der Waals surface area contributed by atoms with Crippen LogP contribution in [0.5, 0.6) is 0 Å². The van der Waals surface area contributed by atoms with Crippen molar-refractivity contribution in [2.75, 3.05) is 32.1 Å². The van der Waals surface area contributed by atoms with Crippen molar-refractivity contribution in [2.45, 2.75) is 26.7 Å². The van der Waals surface area contributed by atoms with Crippen molar-refractivity contribution in [1.82, 2.24) is 4.98 Å². The van der Waals surface area contributed by atoms with E-state index < -0.39 is 5.97 Å². The molecule has 1 fully saturated rings. The van der Waals surface area contributed by atoms with Gasteiger partial charge >= 0.3 is 5.97 Å². The van der Waals surface area contributed by atoms with E-state index in [1.54, 1.807) is 0 Å². The zero-order valence-corrected chi connectivity index (χ0v) is 15.1. The number of nitrogens with one attached hydrogen (secondary N) is 3. The maximum Gasteiger partial charge on any atom is 0.356 e. The molecule has 0 unspecified atom stereocenters. The molecule has 0 aliphatic carbocycles. The van der Waals surface area contributed by atoms with Gasteiger partial charge in [0.1, 0.15) is 5.69 Å². The average molecular weight is 344 g/mol. The number of aromatic amines is 1. The summed E-state index contributed by atoms with van der Waals surface area (Å²) in [4.78, 5) is 29.0. The number of carbonyl (C=O) groups excluding carboxylic acids is 2. The highest BCUT2D eigenvalue weighted by Gasteiger charge is 2.24. The molecule has 0 atom stereocenters. The summed E-state index contributed by atoms with van der Waals surface area (Å²) in [5.74, 6) is 0.189. The number of rotatable bonds is 4. The number of hydrogen-bond acceptors (Lipinski definition) is 3. The Bertz CT molecular complexity index is 789. The first-order valence-corrected chi connectivity index (χ1v) is 8.82. The minimum Gasteiger partial charge on any atom is -0.464 e. The Kier molecular flexibility index (Phi) is 5.08. The molecule has 25 heavy (non-hydrogen) atoms. The van der Waals surface area contributed by atoms with Gasteiger partial charge in [0.05, 0.1) is 25.9 Å². The number of amides is 1. The van der Waals surface area contributed by atoms with Crippen LogP contribution in [0.1, 0.15) is 35.8 Å². The molecule has 6 heteroatoms. The SMILES string of the molecule is COC(=O)c1[nH]c2cc(C)ccc2c1NC(=O)C[NH+]1CCC(C)CC1. The Balaban J connectivity index is 1.81. The molecule has 3 N–H and O–H groups in total. The molecule has 1 amide bonds. The first-order chi connectivity index (χ1) is 12.0. The largest absolute Gasteiger partial charge is 0.464 e. The summed E-state index contributed by atoms with van der Waals surface area (Å²) in [6, 6.07) is 5.83. The van der Waals surface area contributed by atoms with Crippen molar-refractivity contribution in [3.8, 4) is 0 Å². The lowest BCUT2D eigenvalue weighted by atomic mass is 9.99. The molecular weight excluding hydrogens is 318 g/mol. The van der Waals surface area contributed by atoms with Crippen LogP contribution in [0.3, 0.4) is 0 Å². The molecule has 0 bridgehead atoms. The van der Waals surface area contributed by atoms with Crippen LogP contribution >= 0.6 is 0 Å². The van der Waals surface area contributed by atoms with E-state index in [2.05, 4.69) is 17.2 Å². The number of quaternary nitrogens is 1. The van der Waals surface area contributed by atoms with Crippen LogP contribution in [-0.2, 0) is 9.53 Å². The predicted molar refractivity (Wildman–Crippen MR) is 97.0 cm³/mol. The van der Waals surface area contributed by atoms with Crippen molar-refractivity contribution in [1.29, 1.82) is 0 Å². The summed E-state index contributed by atoms with van der Waals surface area (Å²) in [5, 5.41) is 3.76. The topological polar surface area (TPSA) is 75.6 Å². The number of aryl methyl sites for hydroxylation is 1. The van der Waals surface area contributed by atoms with Gasteiger partial charge in [0.25, 0.3) is 5.91 Å². The number of esters is 1. The van der Waals surface area contributed by atoms with E-state index in [-0.39, 0.29) is 5.91 Å². The molecular formula is C19H26N3O3+. The third-order valence-electron chi connectivity index (χ3n) is 5.00. The van der Waals surface area contributed by atoms with E-state index in [0.717, 1.165) is 48.3 Å². The predicted octanol–water partition coefficient (Wildman–Crippen LogP) is 1.52. The lowest BCUT2D eigenvalue weighted by Crippen LogP contribution is -3.14. The zero-order valence-electron chi connectivity index (χ0n) is 15.1. The number of ether oxygens (including phenoxy) is 1. The number of anilines is 1. The van der Waals surface area contributed by atoms with Crippen LogP contribution in [-0.4, -0.2) is 43.6 Å². The quantitative estimate of drug-likeness (QED) is 0.736. The molecule has 0 radical (unpaired) electrons. The number of benzene rings is 1. The van der Waals surface area contributed by atoms with Gasteiger partial charge in [-0.15, -0.1) is 0 Å². The fourth-order valence-corrected chi connectivity index (χ4v) is 3.45. The minimum atomic E-state index is -0.483. The second-order valence-corrected chi connectivity index (χ2v) is 7.07. The van der Waals surface area contributed by atoms with Crippen LogP contribution in [0.25, 0.3) is 10.9 Å². The highest BCUT2D eigenvalue weighted by molar-refractivity contribution is 6.11. The summed E-state index contributed by atoms with van der Waals surface area (Å²) >= 11 is 0. The van der Waals surface area contributed by atoms with Gasteiger partial charge in [0, 0.05) is 10.9 Å². The zero-order chi connectivity index (χ0) is 18.0. The number of carbonyl (C=O) groups is 2. The van der Waals surface area contributed by atoms with Gasteiger partial charge in [0.2, 0.25) is 0 Å². The number of aromatic nitrogens is 1. The van der Waals surface area contributed by atoms with Gasteiger partial charge in [-0.3, -0.25) is 4.79 Å². The third kappa shape index (κ3) is 3.85. The number of fused-ring (bicyclic) bond motifs is 1. The van der Waals surface area contributed by atoms with E-state index >= 15 is 0 Å². The smallest absolute Gasteiger partial charge is 0.356 e. The normalized spacial score (nSPS) is 20.4. The second-order valence-electron chi connectivity index (χ2n) is 7.07. The molecule has 2 aromatic rings. The molecule has 6 nitrogen and oxygen atoms in total. The molecule has 134 valence electrons. The Labute approximate surface area is 147 Å². The first-order valence-electron chi connectivity index (χ1n) is 8.82. The third-order valence-corrected chi connectivity index (χ3v) is 5.00. The number of likely N-dealkylation sites (tertiary alicyclic amines) is 1. The number of hydrogen-bond donors (Lipinski definition) is 3. The molecule has 1 aromatic carbocycles. The summed E-state index contributed by atoms with van der Waals surface area (Å²) in [5.41, 5.74) is 2.69. The lowest BCUT2D eigenvalue weighted by Gasteiger charge is -2.26. The molecule has 2 heterocycles. The maximum atomic E-state index is 12.5. The minimum absolute atomic E-state index is 0.0730. The Morgan fingerprint density at radius 1 is 1.32 bits per heavy atom. The molecule has 0 saturated carbocycles. The van der Waals surface area contributed by atoms with Crippen LogP contribution in [0.15, 0.2) is 18.2 Å². The Morgan fingerprint density at radius 3 is 2.72 bits per heavy atom. The van der Waals surface area contributed by atoms with Crippen LogP contribution in [0, 0.1) is 12.8 Å². The van der Waals surface area contributed by atoms with Crippen molar-refractivity contribution in [3.05, 3.63) is 29.5 Å². The number of H-pyrrole nitrogens is 1. The van der Waals surface area contributed by atoms with Crippen molar-refractivity contribution < 1.29 is 19.2 Å². The van der Waals surface area contributed by atoms with Gasteiger partial charge in [0.15, 0.2) is 6.54 Å². The molecule has 0 spiro atoms. The van der Waals surface area contributed by atoms with Gasteiger partial charge in [-0.2, -0.15) is 0 Å². The van der Waals surface area contributed by atoms with Gasteiger partial charge < -0.3 is 19.9 Å². The molecule has 3 rings (SSSR count). The summed E-state index contributed by atoms with van der Waals surface area (Å²) < 4.78 is 4.85. The highest BCUT2D eigenvalue weighted by Crippen LogP contribution is 2.29. The van der Waals surface area contributed by atoms with E-state index in [9.17, 15) is 9.59 Å². The van der Waals surface area contributed by atoms with E-state index in [1.165, 1.54) is 12.0 Å². The van der Waals surface area contributed by atoms with Crippen molar-refractivity contribution in [3.63, 3.8) is 0 Å². The van der Waals surface area contributed by atoms with Crippen molar-refractivity contribution in [2.24, 2.45) is 5.92 Å². The molecule has 1 aromatic heterocycles. The monoisotopic (exact) mass is 344 g/mol. The fourth-order valence-electron chi connectivity index (χ4n) is 3.45. The maximum absolute atomic E-state index is 12.5. The highest BCUT2D eigenvalue weighted by atomic mass is 16.5. The van der Waals surface area contributed by atoms with Crippen molar-refractivity contribution >= 4 is 28.5 Å². The molecule has 1 aliphatic heterocycles. The van der Waals surface area contributed by atoms with E-state index in [1.807, 2.05) is 25.1 Å². The average Bonchev–Trinajstić information content (AvgIpc) is 2.93. The van der Waals surface area contributed by atoms with Gasteiger partial charge in [-0.05, 0) is 37.3 Å². The number of methoxy groups -OCH3 is 1. The van der Waals surface area contributed by atoms with Crippen LogP contribution in [0.2, 0.25) is 0 Å². The summed E-state index contributed by atoms with van der Waals surface area (Å²) in [7, 11) is 1.34. The number of piperidine rings is 1. The first kappa shape index (κ1) is 17.5. The second kappa shape index (κ2) is 7.27.